The maximum absolute atomic E-state index is 11.6. The summed E-state index contributed by atoms with van der Waals surface area (Å²) in [4.78, 5) is 19.1. The molecule has 2 heterocycles. The minimum atomic E-state index is -0.398. The number of allylic oxidation sites excluding steroid dienone is 4. The van der Waals surface area contributed by atoms with Gasteiger partial charge in [0.25, 0.3) is 0 Å². The Balaban J connectivity index is 1.43. The monoisotopic (exact) mass is 403 g/mol. The quantitative estimate of drug-likeness (QED) is 0.600. The van der Waals surface area contributed by atoms with E-state index in [1.54, 1.807) is 0 Å². The standard InChI is InChI=1S/C25H29N3O2/c1-3-7-20(8-4-2)21-10-5-9-19(17-21)18-27-13-15-28(16-14-27)23-12-6-11-22-24(23)30-25(29)26-22/h3,5-12,17H,4,13-16,18H2,1-2H3,(H,26,29)/b7-3-,20-8+. The summed E-state index contributed by atoms with van der Waals surface area (Å²) in [6, 6.07) is 14.7. The maximum Gasteiger partial charge on any atom is 0.417 e. The Morgan fingerprint density at radius 2 is 1.93 bits per heavy atom. The van der Waals surface area contributed by atoms with E-state index in [-0.39, 0.29) is 0 Å². The summed E-state index contributed by atoms with van der Waals surface area (Å²) in [5, 5.41) is 0. The van der Waals surface area contributed by atoms with Crippen molar-refractivity contribution in [2.24, 2.45) is 0 Å². The molecule has 0 unspecified atom stereocenters. The van der Waals surface area contributed by atoms with Crippen LogP contribution < -0.4 is 10.7 Å². The van der Waals surface area contributed by atoms with Crippen LogP contribution in [0.2, 0.25) is 0 Å². The fourth-order valence-electron chi connectivity index (χ4n) is 4.14. The summed E-state index contributed by atoms with van der Waals surface area (Å²) in [5.74, 6) is -0.398. The smallest absolute Gasteiger partial charge is 0.406 e. The SMILES string of the molecule is C/C=C\C(=C/CC)c1cccc(CN2CCN(c3cccc4[nH]c(=O)oc34)CC2)c1. The number of fused-ring (bicyclic) bond motifs is 1. The van der Waals surface area contributed by atoms with Crippen molar-refractivity contribution in [2.75, 3.05) is 31.1 Å². The van der Waals surface area contributed by atoms with E-state index in [2.05, 4.69) is 71.1 Å². The van der Waals surface area contributed by atoms with E-state index in [1.807, 2.05) is 18.2 Å². The molecule has 3 aromatic rings. The molecule has 0 aliphatic carbocycles. The Kier molecular flexibility index (Phi) is 6.19. The van der Waals surface area contributed by atoms with Gasteiger partial charge in [-0.25, -0.2) is 4.79 Å². The van der Waals surface area contributed by atoms with E-state index in [1.165, 1.54) is 16.7 Å². The van der Waals surface area contributed by atoms with E-state index in [4.69, 9.17) is 4.42 Å². The lowest BCUT2D eigenvalue weighted by Gasteiger charge is -2.36. The molecule has 0 spiro atoms. The molecule has 4 rings (SSSR count). The zero-order valence-electron chi connectivity index (χ0n) is 17.7. The topological polar surface area (TPSA) is 52.5 Å². The zero-order chi connectivity index (χ0) is 20.9. The number of H-pyrrole nitrogens is 1. The van der Waals surface area contributed by atoms with Crippen molar-refractivity contribution in [3.8, 4) is 0 Å². The second kappa shape index (κ2) is 9.18. The number of hydrogen-bond acceptors (Lipinski definition) is 4. The van der Waals surface area contributed by atoms with Gasteiger partial charge in [0, 0.05) is 32.7 Å². The van der Waals surface area contributed by atoms with Gasteiger partial charge in [0.15, 0.2) is 5.58 Å². The molecular weight excluding hydrogens is 374 g/mol. The van der Waals surface area contributed by atoms with Crippen LogP contribution in [0, 0.1) is 0 Å². The summed E-state index contributed by atoms with van der Waals surface area (Å²) >= 11 is 0. The molecule has 5 heteroatoms. The molecule has 0 amide bonds. The molecule has 0 radical (unpaired) electrons. The molecule has 1 saturated heterocycles. The summed E-state index contributed by atoms with van der Waals surface area (Å²) in [5.41, 5.74) is 6.31. The van der Waals surface area contributed by atoms with Crippen molar-refractivity contribution < 1.29 is 4.42 Å². The van der Waals surface area contributed by atoms with E-state index in [0.717, 1.165) is 50.3 Å². The van der Waals surface area contributed by atoms with Crippen LogP contribution in [-0.2, 0) is 6.54 Å². The van der Waals surface area contributed by atoms with Crippen LogP contribution in [0.1, 0.15) is 31.4 Å². The van der Waals surface area contributed by atoms with Crippen molar-refractivity contribution in [3.05, 3.63) is 82.4 Å². The number of rotatable bonds is 6. The Labute approximate surface area is 177 Å². The summed E-state index contributed by atoms with van der Waals surface area (Å²) in [6.45, 7) is 8.95. The van der Waals surface area contributed by atoms with Crippen LogP contribution in [0.15, 0.2) is 69.9 Å². The van der Waals surface area contributed by atoms with E-state index >= 15 is 0 Å². The van der Waals surface area contributed by atoms with Crippen LogP contribution in [0.4, 0.5) is 5.69 Å². The van der Waals surface area contributed by atoms with Gasteiger partial charge < -0.3 is 9.32 Å². The number of aromatic nitrogens is 1. The van der Waals surface area contributed by atoms with Crippen LogP contribution in [0.5, 0.6) is 0 Å². The molecule has 0 saturated carbocycles. The summed E-state index contributed by atoms with van der Waals surface area (Å²) in [7, 11) is 0. The number of benzene rings is 2. The van der Waals surface area contributed by atoms with E-state index in [0.29, 0.717) is 5.58 Å². The highest BCUT2D eigenvalue weighted by atomic mass is 16.4. The first-order valence-corrected chi connectivity index (χ1v) is 10.7. The van der Waals surface area contributed by atoms with Gasteiger partial charge in [0.2, 0.25) is 0 Å². The highest BCUT2D eigenvalue weighted by molar-refractivity contribution is 5.86. The Morgan fingerprint density at radius 1 is 1.13 bits per heavy atom. The second-order valence-corrected chi connectivity index (χ2v) is 7.70. The average molecular weight is 404 g/mol. The van der Waals surface area contributed by atoms with E-state index in [9.17, 15) is 4.79 Å². The number of anilines is 1. The molecule has 5 nitrogen and oxygen atoms in total. The first-order valence-electron chi connectivity index (χ1n) is 10.7. The van der Waals surface area contributed by atoms with Crippen LogP contribution in [0.3, 0.4) is 0 Å². The molecule has 30 heavy (non-hydrogen) atoms. The lowest BCUT2D eigenvalue weighted by molar-refractivity contribution is 0.250. The Bertz CT molecular complexity index is 1110. The number of hydrogen-bond donors (Lipinski definition) is 1. The summed E-state index contributed by atoms with van der Waals surface area (Å²) in [6.07, 6.45) is 7.58. The molecule has 0 atom stereocenters. The van der Waals surface area contributed by atoms with Crippen molar-refractivity contribution in [1.29, 1.82) is 0 Å². The highest BCUT2D eigenvalue weighted by Gasteiger charge is 2.20. The first kappa shape index (κ1) is 20.2. The average Bonchev–Trinajstić information content (AvgIpc) is 3.15. The summed E-state index contributed by atoms with van der Waals surface area (Å²) < 4.78 is 5.37. The number of oxazole rings is 1. The van der Waals surface area contributed by atoms with Gasteiger partial charge in [0.1, 0.15) is 0 Å². The number of para-hydroxylation sites is 1. The van der Waals surface area contributed by atoms with Gasteiger partial charge in [-0.3, -0.25) is 9.88 Å². The van der Waals surface area contributed by atoms with Crippen LogP contribution >= 0.6 is 0 Å². The minimum absolute atomic E-state index is 0.398. The van der Waals surface area contributed by atoms with Gasteiger partial charge in [-0.15, -0.1) is 0 Å². The predicted molar refractivity (Wildman–Crippen MR) is 124 cm³/mol. The number of piperazine rings is 1. The molecule has 1 aliphatic rings. The van der Waals surface area contributed by atoms with Crippen LogP contribution in [-0.4, -0.2) is 36.1 Å². The second-order valence-electron chi connectivity index (χ2n) is 7.70. The maximum atomic E-state index is 11.6. The van der Waals surface area contributed by atoms with Crippen LogP contribution in [0.25, 0.3) is 16.7 Å². The lowest BCUT2D eigenvalue weighted by Crippen LogP contribution is -2.46. The molecule has 1 fully saturated rings. The highest BCUT2D eigenvalue weighted by Crippen LogP contribution is 2.26. The van der Waals surface area contributed by atoms with Crippen molar-refractivity contribution in [3.63, 3.8) is 0 Å². The fourth-order valence-corrected chi connectivity index (χ4v) is 4.14. The fraction of sp³-hybridized carbons (Fsp3) is 0.320. The van der Waals surface area contributed by atoms with Gasteiger partial charge >= 0.3 is 5.76 Å². The van der Waals surface area contributed by atoms with Crippen molar-refractivity contribution >= 4 is 22.4 Å². The molecule has 1 aromatic heterocycles. The largest absolute Gasteiger partial charge is 0.417 e. The molecular formula is C25H29N3O2. The molecule has 2 aromatic carbocycles. The van der Waals surface area contributed by atoms with Gasteiger partial charge in [-0.2, -0.15) is 0 Å². The molecule has 1 N–H and O–H groups in total. The third-order valence-corrected chi connectivity index (χ3v) is 5.58. The Hall–Kier alpha value is -3.05. The zero-order valence-corrected chi connectivity index (χ0v) is 17.7. The normalized spacial score (nSPS) is 16.1. The first-order chi connectivity index (χ1) is 14.7. The number of nitrogens with one attached hydrogen (secondary N) is 1. The van der Waals surface area contributed by atoms with Crippen molar-refractivity contribution in [2.45, 2.75) is 26.8 Å². The number of aromatic amines is 1. The predicted octanol–water partition coefficient (Wildman–Crippen LogP) is 4.81. The molecule has 156 valence electrons. The van der Waals surface area contributed by atoms with Gasteiger partial charge in [-0.05, 0) is 48.2 Å². The lowest BCUT2D eigenvalue weighted by atomic mass is 10.0. The van der Waals surface area contributed by atoms with Gasteiger partial charge in [0.05, 0.1) is 11.2 Å². The van der Waals surface area contributed by atoms with E-state index < -0.39 is 5.76 Å². The molecule has 1 aliphatic heterocycles. The van der Waals surface area contributed by atoms with Gasteiger partial charge in [-0.1, -0.05) is 49.4 Å². The molecule has 0 bridgehead atoms. The third-order valence-electron chi connectivity index (χ3n) is 5.58. The number of nitrogens with zero attached hydrogens (tertiary/aromatic N) is 2. The Morgan fingerprint density at radius 3 is 2.70 bits per heavy atom. The third kappa shape index (κ3) is 4.41. The van der Waals surface area contributed by atoms with Crippen molar-refractivity contribution in [1.82, 2.24) is 9.88 Å². The minimum Gasteiger partial charge on any atom is -0.406 e.